The molecule has 1 heterocycles. The summed E-state index contributed by atoms with van der Waals surface area (Å²) in [5.41, 5.74) is 3.18. The zero-order valence-corrected chi connectivity index (χ0v) is 15.9. The van der Waals surface area contributed by atoms with Crippen LogP contribution in [-0.2, 0) is 13.0 Å². The van der Waals surface area contributed by atoms with Crippen LogP contribution in [0.5, 0.6) is 0 Å². The van der Waals surface area contributed by atoms with Crippen LogP contribution in [0, 0.1) is 0 Å². The van der Waals surface area contributed by atoms with Crippen LogP contribution in [0.1, 0.15) is 47.2 Å². The van der Waals surface area contributed by atoms with Crippen LogP contribution < -0.4 is 5.32 Å². The number of aliphatic hydroxyl groups is 1. The Morgan fingerprint density at radius 3 is 2.41 bits per heavy atom. The van der Waals surface area contributed by atoms with Gasteiger partial charge in [0.1, 0.15) is 5.69 Å². The van der Waals surface area contributed by atoms with Crippen molar-refractivity contribution >= 4 is 17.5 Å². The summed E-state index contributed by atoms with van der Waals surface area (Å²) in [4.78, 5) is 14.0. The Bertz CT molecular complexity index is 920. The molecule has 0 fully saturated rings. The van der Waals surface area contributed by atoms with Crippen LogP contribution in [0.2, 0.25) is 5.02 Å². The molecule has 7 heteroatoms. The third-order valence-corrected chi connectivity index (χ3v) is 4.59. The molecule has 0 aliphatic heterocycles. The summed E-state index contributed by atoms with van der Waals surface area (Å²) in [7, 11) is 0. The summed E-state index contributed by atoms with van der Waals surface area (Å²) in [6.45, 7) is 3.58. The van der Waals surface area contributed by atoms with Crippen LogP contribution in [0.4, 0.5) is 0 Å². The molecule has 2 N–H and O–H groups in total. The molecule has 1 aromatic heterocycles. The first-order valence-electron chi connectivity index (χ1n) is 8.74. The van der Waals surface area contributed by atoms with Gasteiger partial charge in [0.15, 0.2) is 5.69 Å². The zero-order valence-electron chi connectivity index (χ0n) is 15.2. The number of benzene rings is 2. The van der Waals surface area contributed by atoms with Gasteiger partial charge in [0.05, 0.1) is 18.3 Å². The van der Waals surface area contributed by atoms with Crippen LogP contribution in [-0.4, -0.2) is 26.0 Å². The summed E-state index contributed by atoms with van der Waals surface area (Å²) in [5, 5.41) is 21.6. The summed E-state index contributed by atoms with van der Waals surface area (Å²) in [5.74, 6) is -0.391. The maximum atomic E-state index is 12.7. The van der Waals surface area contributed by atoms with Gasteiger partial charge in [0.2, 0.25) is 0 Å². The Kier molecular flexibility index (Phi) is 5.88. The number of nitrogens with zero attached hydrogens (tertiary/aromatic N) is 3. The van der Waals surface area contributed by atoms with Gasteiger partial charge in [-0.15, -0.1) is 10.2 Å². The molecule has 0 saturated heterocycles. The van der Waals surface area contributed by atoms with Crippen molar-refractivity contribution in [1.29, 1.82) is 0 Å². The van der Waals surface area contributed by atoms with Gasteiger partial charge in [-0.25, -0.2) is 0 Å². The topological polar surface area (TPSA) is 80.0 Å². The minimum atomic E-state index is -0.391. The Morgan fingerprint density at radius 2 is 1.81 bits per heavy atom. The largest absolute Gasteiger partial charge is 0.390 e. The fourth-order valence-corrected chi connectivity index (χ4v) is 2.83. The highest BCUT2D eigenvalue weighted by Crippen LogP contribution is 2.17. The van der Waals surface area contributed by atoms with Crippen molar-refractivity contribution in [3.63, 3.8) is 0 Å². The number of hydrogen-bond donors (Lipinski definition) is 2. The molecule has 1 amide bonds. The van der Waals surface area contributed by atoms with Crippen molar-refractivity contribution in [2.45, 2.75) is 32.9 Å². The van der Waals surface area contributed by atoms with Crippen molar-refractivity contribution in [3.8, 4) is 5.69 Å². The molecule has 0 unspecified atom stereocenters. The SMILES string of the molecule is CCc1ccc(-n2nc(CO)c(C(=O)N[C@H](C)c3ccc(Cl)cc3)n2)cc1. The molecule has 0 saturated carbocycles. The number of halogens is 1. The van der Waals surface area contributed by atoms with Gasteiger partial charge >= 0.3 is 0 Å². The summed E-state index contributed by atoms with van der Waals surface area (Å²) >= 11 is 5.90. The van der Waals surface area contributed by atoms with Gasteiger partial charge in [-0.2, -0.15) is 4.80 Å². The number of hydrogen-bond acceptors (Lipinski definition) is 4. The normalized spacial score (nSPS) is 12.0. The van der Waals surface area contributed by atoms with Gasteiger partial charge in [-0.1, -0.05) is 42.8 Å². The molecule has 0 aliphatic carbocycles. The lowest BCUT2D eigenvalue weighted by Crippen LogP contribution is -2.28. The predicted molar refractivity (Wildman–Crippen MR) is 104 cm³/mol. The van der Waals surface area contributed by atoms with Crippen molar-refractivity contribution in [3.05, 3.63) is 76.1 Å². The number of nitrogens with one attached hydrogen (secondary N) is 1. The van der Waals surface area contributed by atoms with E-state index < -0.39 is 5.91 Å². The van der Waals surface area contributed by atoms with Crippen LogP contribution >= 0.6 is 11.6 Å². The van der Waals surface area contributed by atoms with E-state index in [1.807, 2.05) is 43.3 Å². The van der Waals surface area contributed by atoms with E-state index in [1.54, 1.807) is 12.1 Å². The highest BCUT2D eigenvalue weighted by molar-refractivity contribution is 6.30. The summed E-state index contributed by atoms with van der Waals surface area (Å²) in [6, 6.07) is 14.8. The summed E-state index contributed by atoms with van der Waals surface area (Å²) in [6.07, 6.45) is 0.935. The number of aryl methyl sites for hydroxylation is 1. The lowest BCUT2D eigenvalue weighted by molar-refractivity contribution is 0.0931. The number of rotatable bonds is 6. The van der Waals surface area contributed by atoms with Crippen LogP contribution in [0.3, 0.4) is 0 Å². The maximum absolute atomic E-state index is 12.7. The number of carbonyl (C=O) groups is 1. The quantitative estimate of drug-likeness (QED) is 0.682. The molecule has 0 aliphatic rings. The molecule has 0 bridgehead atoms. The van der Waals surface area contributed by atoms with Crippen molar-refractivity contribution in [2.75, 3.05) is 0 Å². The highest BCUT2D eigenvalue weighted by atomic mass is 35.5. The molecular weight excluding hydrogens is 364 g/mol. The Hall–Kier alpha value is -2.70. The van der Waals surface area contributed by atoms with E-state index in [2.05, 4.69) is 22.4 Å². The van der Waals surface area contributed by atoms with Gasteiger partial charge in [0.25, 0.3) is 5.91 Å². The molecule has 3 rings (SSSR count). The Labute approximate surface area is 162 Å². The van der Waals surface area contributed by atoms with Gasteiger partial charge < -0.3 is 10.4 Å². The maximum Gasteiger partial charge on any atom is 0.274 e. The smallest absolute Gasteiger partial charge is 0.274 e. The van der Waals surface area contributed by atoms with E-state index in [-0.39, 0.29) is 24.0 Å². The number of aromatic nitrogens is 3. The van der Waals surface area contributed by atoms with Gasteiger partial charge in [-0.3, -0.25) is 4.79 Å². The fraction of sp³-hybridized carbons (Fsp3) is 0.250. The van der Waals surface area contributed by atoms with E-state index in [0.29, 0.717) is 5.02 Å². The van der Waals surface area contributed by atoms with E-state index >= 15 is 0 Å². The lowest BCUT2D eigenvalue weighted by atomic mass is 10.1. The molecule has 0 spiro atoms. The molecule has 0 radical (unpaired) electrons. The third kappa shape index (κ3) is 4.35. The summed E-state index contributed by atoms with van der Waals surface area (Å²) < 4.78 is 0. The van der Waals surface area contributed by atoms with Gasteiger partial charge in [0, 0.05) is 5.02 Å². The van der Waals surface area contributed by atoms with Crippen LogP contribution in [0.25, 0.3) is 5.69 Å². The highest BCUT2D eigenvalue weighted by Gasteiger charge is 2.20. The Morgan fingerprint density at radius 1 is 1.15 bits per heavy atom. The van der Waals surface area contributed by atoms with Crippen LogP contribution in [0.15, 0.2) is 48.5 Å². The minimum Gasteiger partial charge on any atom is -0.390 e. The standard InChI is InChI=1S/C20H21ClN4O2/c1-3-14-4-10-17(11-5-14)25-23-18(12-26)19(24-25)20(27)22-13(2)15-6-8-16(21)9-7-15/h4-11,13,26H,3,12H2,1-2H3,(H,22,27)/t13-/m1/s1. The first-order valence-corrected chi connectivity index (χ1v) is 9.12. The van der Waals surface area contributed by atoms with Crippen molar-refractivity contribution < 1.29 is 9.90 Å². The predicted octanol–water partition coefficient (Wildman–Crippen LogP) is 3.47. The fourth-order valence-electron chi connectivity index (χ4n) is 2.70. The molecular formula is C20H21ClN4O2. The second-order valence-electron chi connectivity index (χ2n) is 6.21. The average Bonchev–Trinajstić information content (AvgIpc) is 3.13. The van der Waals surface area contributed by atoms with E-state index in [9.17, 15) is 9.90 Å². The Balaban J connectivity index is 1.81. The average molecular weight is 385 g/mol. The number of carbonyl (C=O) groups excluding carboxylic acids is 1. The second-order valence-corrected chi connectivity index (χ2v) is 6.65. The molecule has 1 atom stereocenters. The third-order valence-electron chi connectivity index (χ3n) is 4.34. The van der Waals surface area contributed by atoms with E-state index in [1.165, 1.54) is 10.4 Å². The first kappa shape index (κ1) is 19.1. The van der Waals surface area contributed by atoms with Crippen molar-refractivity contribution in [1.82, 2.24) is 20.3 Å². The van der Waals surface area contributed by atoms with E-state index in [4.69, 9.17) is 11.6 Å². The molecule has 27 heavy (non-hydrogen) atoms. The minimum absolute atomic E-state index is 0.109. The lowest BCUT2D eigenvalue weighted by Gasteiger charge is -2.13. The van der Waals surface area contributed by atoms with E-state index in [0.717, 1.165) is 17.7 Å². The molecule has 140 valence electrons. The number of amides is 1. The second kappa shape index (κ2) is 8.33. The first-order chi connectivity index (χ1) is 13.0. The number of aliphatic hydroxyl groups excluding tert-OH is 1. The molecule has 2 aromatic carbocycles. The van der Waals surface area contributed by atoms with Crippen molar-refractivity contribution in [2.24, 2.45) is 0 Å². The van der Waals surface area contributed by atoms with Gasteiger partial charge in [-0.05, 0) is 48.7 Å². The monoisotopic (exact) mass is 384 g/mol. The molecule has 3 aromatic rings. The molecule has 6 nitrogen and oxygen atoms in total. The zero-order chi connectivity index (χ0) is 19.4.